The maximum absolute atomic E-state index is 12.4. The van der Waals surface area contributed by atoms with Crippen molar-refractivity contribution in [2.75, 3.05) is 11.9 Å². The minimum atomic E-state index is -0.708. The number of benzene rings is 2. The Morgan fingerprint density at radius 3 is 2.77 bits per heavy atom. The van der Waals surface area contributed by atoms with E-state index < -0.39 is 23.4 Å². The molecule has 2 aromatic carbocycles. The summed E-state index contributed by atoms with van der Waals surface area (Å²) in [5.41, 5.74) is 0.712. The third-order valence-electron chi connectivity index (χ3n) is 4.28. The van der Waals surface area contributed by atoms with E-state index in [9.17, 15) is 24.5 Å². The lowest BCUT2D eigenvalue weighted by atomic mass is 10.2. The molecule has 0 saturated heterocycles. The smallest absolute Gasteiger partial charge is 0.308 e. The molecule has 3 aromatic rings. The fraction of sp³-hybridized carbons (Fsp3) is 0.200. The number of aryl methyl sites for hydroxylation is 2. The van der Waals surface area contributed by atoms with Gasteiger partial charge in [-0.1, -0.05) is 18.2 Å². The van der Waals surface area contributed by atoms with E-state index in [0.717, 1.165) is 0 Å². The van der Waals surface area contributed by atoms with Crippen LogP contribution in [-0.4, -0.2) is 33.0 Å². The number of fused-ring (bicyclic) bond motifs is 1. The minimum absolute atomic E-state index is 0.0143. The van der Waals surface area contributed by atoms with Crippen LogP contribution in [0, 0.1) is 17.0 Å². The van der Waals surface area contributed by atoms with E-state index in [1.165, 1.54) is 23.0 Å². The maximum atomic E-state index is 12.4. The van der Waals surface area contributed by atoms with Gasteiger partial charge in [0.2, 0.25) is 0 Å². The number of esters is 1. The first-order chi connectivity index (χ1) is 14.3. The summed E-state index contributed by atoms with van der Waals surface area (Å²) in [6.45, 7) is 1.13. The quantitative estimate of drug-likeness (QED) is 0.358. The van der Waals surface area contributed by atoms with Crippen LogP contribution in [0.3, 0.4) is 0 Å². The fourth-order valence-electron chi connectivity index (χ4n) is 2.78. The highest BCUT2D eigenvalue weighted by Gasteiger charge is 2.17. The predicted molar refractivity (Wildman–Crippen MR) is 108 cm³/mol. The van der Waals surface area contributed by atoms with Crippen molar-refractivity contribution in [2.45, 2.75) is 19.9 Å². The third-order valence-corrected chi connectivity index (χ3v) is 4.28. The first kappa shape index (κ1) is 20.6. The molecule has 0 aliphatic heterocycles. The van der Waals surface area contributed by atoms with Gasteiger partial charge in [-0.3, -0.25) is 29.1 Å². The number of ether oxygens (including phenoxy) is 1. The Hall–Kier alpha value is -4.08. The number of nitrogens with one attached hydrogen (secondary N) is 1. The van der Waals surface area contributed by atoms with Gasteiger partial charge in [-0.2, -0.15) is 0 Å². The lowest BCUT2D eigenvalue weighted by Gasteiger charge is -2.09. The van der Waals surface area contributed by atoms with E-state index >= 15 is 0 Å². The van der Waals surface area contributed by atoms with Crippen LogP contribution in [0.25, 0.3) is 10.9 Å². The van der Waals surface area contributed by atoms with Gasteiger partial charge in [-0.05, 0) is 30.7 Å². The zero-order valence-electron chi connectivity index (χ0n) is 16.0. The van der Waals surface area contributed by atoms with Crippen molar-refractivity contribution in [1.29, 1.82) is 0 Å². The van der Waals surface area contributed by atoms with E-state index in [1.807, 2.05) is 0 Å². The van der Waals surface area contributed by atoms with Gasteiger partial charge in [-0.15, -0.1) is 0 Å². The van der Waals surface area contributed by atoms with Crippen LogP contribution in [-0.2, 0) is 20.9 Å². The van der Waals surface area contributed by atoms with Crippen LogP contribution in [0.1, 0.15) is 12.0 Å². The van der Waals surface area contributed by atoms with Gasteiger partial charge in [0.05, 0.1) is 28.6 Å². The van der Waals surface area contributed by atoms with Gasteiger partial charge in [0.25, 0.3) is 17.2 Å². The van der Waals surface area contributed by atoms with Gasteiger partial charge in [0, 0.05) is 12.6 Å². The van der Waals surface area contributed by atoms with Gasteiger partial charge < -0.3 is 10.1 Å². The highest BCUT2D eigenvalue weighted by atomic mass is 16.6. The lowest BCUT2D eigenvalue weighted by molar-refractivity contribution is -0.384. The first-order valence-electron chi connectivity index (χ1n) is 9.00. The van der Waals surface area contributed by atoms with E-state index in [2.05, 4.69) is 10.3 Å². The lowest BCUT2D eigenvalue weighted by Crippen LogP contribution is -2.24. The number of aromatic nitrogens is 2. The Balaban J connectivity index is 1.54. The Morgan fingerprint density at radius 1 is 1.23 bits per heavy atom. The normalized spacial score (nSPS) is 10.6. The topological polar surface area (TPSA) is 133 Å². The second-order valence-electron chi connectivity index (χ2n) is 6.50. The number of rotatable bonds is 7. The second-order valence-corrected chi connectivity index (χ2v) is 6.50. The Kier molecular flexibility index (Phi) is 6.16. The average Bonchev–Trinajstić information content (AvgIpc) is 2.73. The highest BCUT2D eigenvalue weighted by molar-refractivity contribution is 5.94. The van der Waals surface area contributed by atoms with Gasteiger partial charge in [0.15, 0.2) is 6.61 Å². The summed E-state index contributed by atoms with van der Waals surface area (Å²) >= 11 is 0. The van der Waals surface area contributed by atoms with Crippen LogP contribution >= 0.6 is 0 Å². The molecular weight excluding hydrogens is 392 g/mol. The molecule has 0 aliphatic rings. The molecule has 0 aliphatic carbocycles. The molecule has 1 N–H and O–H groups in total. The Labute approximate surface area is 170 Å². The van der Waals surface area contributed by atoms with Crippen molar-refractivity contribution in [3.63, 3.8) is 0 Å². The fourth-order valence-corrected chi connectivity index (χ4v) is 2.78. The van der Waals surface area contributed by atoms with E-state index in [-0.39, 0.29) is 29.9 Å². The molecule has 0 bridgehead atoms. The number of nitrogens with zero attached hydrogens (tertiary/aromatic N) is 3. The Morgan fingerprint density at radius 2 is 2.00 bits per heavy atom. The summed E-state index contributed by atoms with van der Waals surface area (Å²) < 4.78 is 6.18. The van der Waals surface area contributed by atoms with Crippen molar-refractivity contribution in [2.24, 2.45) is 0 Å². The molecular formula is C20H18N4O6. The highest BCUT2D eigenvalue weighted by Crippen LogP contribution is 2.25. The standard InChI is InChI=1S/C20H18N4O6/c1-13-6-7-16(17(10-13)24(28)29)22-18(25)11-30-19(26)8-9-23-12-21-15-5-3-2-4-14(15)20(23)27/h2-7,10,12H,8-9,11H2,1H3,(H,22,25). The average molecular weight is 410 g/mol. The number of para-hydroxylation sites is 1. The van der Waals surface area contributed by atoms with Crippen molar-refractivity contribution < 1.29 is 19.2 Å². The van der Waals surface area contributed by atoms with Crippen LogP contribution < -0.4 is 10.9 Å². The number of hydrogen-bond donors (Lipinski definition) is 1. The van der Waals surface area contributed by atoms with Gasteiger partial charge >= 0.3 is 5.97 Å². The number of hydrogen-bond acceptors (Lipinski definition) is 7. The summed E-state index contributed by atoms with van der Waals surface area (Å²) in [6.07, 6.45) is 1.21. The molecule has 0 spiro atoms. The molecule has 0 unspecified atom stereocenters. The van der Waals surface area contributed by atoms with Crippen LogP contribution in [0.5, 0.6) is 0 Å². The number of carbonyl (C=O) groups excluding carboxylic acids is 2. The number of carbonyl (C=O) groups is 2. The van der Waals surface area contributed by atoms with Gasteiger partial charge in [-0.25, -0.2) is 4.98 Å². The van der Waals surface area contributed by atoms with Crippen molar-refractivity contribution in [3.8, 4) is 0 Å². The summed E-state index contributed by atoms with van der Waals surface area (Å²) in [5.74, 6) is -1.40. The predicted octanol–water partition coefficient (Wildman–Crippen LogP) is 2.19. The molecule has 10 heteroatoms. The van der Waals surface area contributed by atoms with Crippen LogP contribution in [0.2, 0.25) is 0 Å². The number of anilines is 1. The van der Waals surface area contributed by atoms with Crippen molar-refractivity contribution in [1.82, 2.24) is 9.55 Å². The molecule has 1 aromatic heterocycles. The van der Waals surface area contributed by atoms with Crippen LogP contribution in [0.15, 0.2) is 53.6 Å². The summed E-state index contributed by atoms with van der Waals surface area (Å²) in [4.78, 5) is 50.9. The second kappa shape index (κ2) is 8.95. The van der Waals surface area contributed by atoms with Crippen molar-refractivity contribution in [3.05, 3.63) is 74.8 Å². The monoisotopic (exact) mass is 410 g/mol. The molecule has 154 valence electrons. The summed E-state index contributed by atoms with van der Waals surface area (Å²) in [6, 6.07) is 11.2. The number of amides is 1. The summed E-state index contributed by atoms with van der Waals surface area (Å²) in [7, 11) is 0. The molecule has 3 rings (SSSR count). The zero-order valence-corrected chi connectivity index (χ0v) is 16.0. The number of nitro benzene ring substituents is 1. The number of nitro groups is 1. The largest absolute Gasteiger partial charge is 0.456 e. The molecule has 0 fully saturated rings. The van der Waals surface area contributed by atoms with Crippen LogP contribution in [0.4, 0.5) is 11.4 Å². The zero-order chi connectivity index (χ0) is 21.7. The third kappa shape index (κ3) is 4.85. The summed E-state index contributed by atoms with van der Waals surface area (Å²) in [5, 5.41) is 13.9. The van der Waals surface area contributed by atoms with E-state index in [0.29, 0.717) is 16.5 Å². The maximum Gasteiger partial charge on any atom is 0.308 e. The molecule has 0 atom stereocenters. The Bertz CT molecular complexity index is 1190. The molecule has 0 radical (unpaired) electrons. The van der Waals surface area contributed by atoms with E-state index in [4.69, 9.17) is 4.74 Å². The first-order valence-corrected chi connectivity index (χ1v) is 9.00. The molecule has 0 saturated carbocycles. The van der Waals surface area contributed by atoms with Gasteiger partial charge in [0.1, 0.15) is 5.69 Å². The molecule has 10 nitrogen and oxygen atoms in total. The van der Waals surface area contributed by atoms with E-state index in [1.54, 1.807) is 37.3 Å². The van der Waals surface area contributed by atoms with Crippen molar-refractivity contribution >= 4 is 34.2 Å². The minimum Gasteiger partial charge on any atom is -0.456 e. The SMILES string of the molecule is Cc1ccc(NC(=O)COC(=O)CCn2cnc3ccccc3c2=O)c([N+](=O)[O-])c1. The molecule has 1 heterocycles. The molecule has 1 amide bonds. The molecule has 30 heavy (non-hydrogen) atoms.